The van der Waals surface area contributed by atoms with Gasteiger partial charge in [0.05, 0.1) is 10.9 Å². The van der Waals surface area contributed by atoms with Crippen LogP contribution in [0, 0.1) is 0 Å². The fourth-order valence-electron chi connectivity index (χ4n) is 3.74. The number of aryl methyl sites for hydroxylation is 1. The van der Waals surface area contributed by atoms with E-state index in [0.717, 1.165) is 25.9 Å². The number of nitrogens with one attached hydrogen (secondary N) is 2. The van der Waals surface area contributed by atoms with Gasteiger partial charge in [0.25, 0.3) is 11.5 Å². The van der Waals surface area contributed by atoms with Crippen LogP contribution in [-0.4, -0.2) is 51.5 Å². The van der Waals surface area contributed by atoms with Crippen molar-refractivity contribution < 1.29 is 4.79 Å². The Labute approximate surface area is 188 Å². The Bertz CT molecular complexity index is 996. The number of carbonyl (C=O) groups excluding carboxylic acids is 1. The molecule has 8 nitrogen and oxygen atoms in total. The van der Waals surface area contributed by atoms with Crippen LogP contribution in [-0.2, 0) is 6.54 Å². The number of H-pyrrole nitrogens is 1. The molecule has 1 aliphatic rings. The summed E-state index contributed by atoms with van der Waals surface area (Å²) < 4.78 is 1.46. The zero-order chi connectivity index (χ0) is 20.4. The smallest absolute Gasteiger partial charge is 0.329 e. The maximum absolute atomic E-state index is 13.4. The average Bonchev–Trinajstić information content (AvgIpc) is 2.69. The summed E-state index contributed by atoms with van der Waals surface area (Å²) in [7, 11) is 1.79. The molecule has 2 aromatic rings. The average molecular weight is 460 g/mol. The molecule has 0 saturated carbocycles. The van der Waals surface area contributed by atoms with Crippen LogP contribution in [0.1, 0.15) is 62.0 Å². The van der Waals surface area contributed by atoms with Gasteiger partial charge in [0.15, 0.2) is 5.65 Å². The second-order valence-corrected chi connectivity index (χ2v) is 7.76. The molecule has 0 aromatic carbocycles. The van der Waals surface area contributed by atoms with Crippen LogP contribution < -0.4 is 16.6 Å². The SMILES string of the molecule is CCCn1c(=O)[nH]c(=O)c2c(C(=O)N(C)C3CCNCC3)cc(C(C)C)nc21.Cl.Cl. The molecule has 10 heteroatoms. The lowest BCUT2D eigenvalue weighted by molar-refractivity contribution is 0.0705. The molecule has 2 N–H and O–H groups in total. The van der Waals surface area contributed by atoms with Gasteiger partial charge in [-0.3, -0.25) is 19.1 Å². The molecule has 2 aromatic heterocycles. The van der Waals surface area contributed by atoms with Crippen molar-refractivity contribution >= 4 is 41.8 Å². The third-order valence-corrected chi connectivity index (χ3v) is 5.41. The highest BCUT2D eigenvalue weighted by atomic mass is 35.5. The van der Waals surface area contributed by atoms with Gasteiger partial charge in [0.2, 0.25) is 0 Å². The third kappa shape index (κ3) is 5.04. The zero-order valence-electron chi connectivity index (χ0n) is 17.9. The lowest BCUT2D eigenvalue weighted by Crippen LogP contribution is -2.44. The standard InChI is InChI=1S/C20H29N5O3.2ClH/c1-5-10-25-17-16(18(26)23-20(25)28)14(11-15(22-17)12(2)3)19(27)24(4)13-6-8-21-9-7-13;;/h11-13,21H,5-10H2,1-4H3,(H,23,26,28);2*1H. The fourth-order valence-corrected chi connectivity index (χ4v) is 3.74. The molecule has 1 amide bonds. The predicted molar refractivity (Wildman–Crippen MR) is 123 cm³/mol. The Morgan fingerprint density at radius 2 is 1.90 bits per heavy atom. The van der Waals surface area contributed by atoms with Crippen LogP contribution in [0.4, 0.5) is 0 Å². The molecule has 1 fully saturated rings. The Morgan fingerprint density at radius 1 is 1.27 bits per heavy atom. The van der Waals surface area contributed by atoms with Crippen molar-refractivity contribution in [1.29, 1.82) is 0 Å². The van der Waals surface area contributed by atoms with Crippen molar-refractivity contribution in [1.82, 2.24) is 24.8 Å². The molecular weight excluding hydrogens is 429 g/mol. The number of halogens is 2. The first kappa shape index (κ1) is 26.1. The predicted octanol–water partition coefficient (Wildman–Crippen LogP) is 2.29. The summed E-state index contributed by atoms with van der Waals surface area (Å²) in [5.74, 6) is -0.141. The summed E-state index contributed by atoms with van der Waals surface area (Å²) in [6.45, 7) is 8.08. The summed E-state index contributed by atoms with van der Waals surface area (Å²) in [6, 6.07) is 1.84. The summed E-state index contributed by atoms with van der Waals surface area (Å²) in [6.07, 6.45) is 2.46. The van der Waals surface area contributed by atoms with E-state index < -0.39 is 11.2 Å². The molecule has 0 bridgehead atoms. The molecule has 0 atom stereocenters. The highest BCUT2D eigenvalue weighted by molar-refractivity contribution is 6.05. The van der Waals surface area contributed by atoms with E-state index in [-0.39, 0.29) is 48.1 Å². The number of hydrogen-bond donors (Lipinski definition) is 2. The minimum Gasteiger partial charge on any atom is -0.339 e. The first-order valence-corrected chi connectivity index (χ1v) is 10.0. The van der Waals surface area contributed by atoms with E-state index >= 15 is 0 Å². The van der Waals surface area contributed by atoms with Gasteiger partial charge >= 0.3 is 5.69 Å². The molecular formula is C20H31Cl2N5O3. The summed E-state index contributed by atoms with van der Waals surface area (Å²) in [4.78, 5) is 47.1. The first-order chi connectivity index (χ1) is 13.3. The Morgan fingerprint density at radius 3 is 2.47 bits per heavy atom. The number of piperidine rings is 1. The summed E-state index contributed by atoms with van der Waals surface area (Å²) >= 11 is 0. The number of rotatable bonds is 5. The highest BCUT2D eigenvalue weighted by Gasteiger charge is 2.27. The van der Waals surface area contributed by atoms with Gasteiger partial charge in [0.1, 0.15) is 0 Å². The Hall–Kier alpha value is -1.90. The van der Waals surface area contributed by atoms with Gasteiger partial charge in [-0.25, -0.2) is 9.78 Å². The molecule has 1 aliphatic heterocycles. The van der Waals surface area contributed by atoms with Gasteiger partial charge in [-0.15, -0.1) is 24.8 Å². The van der Waals surface area contributed by atoms with Crippen molar-refractivity contribution in [2.75, 3.05) is 20.1 Å². The quantitative estimate of drug-likeness (QED) is 0.713. The molecule has 1 saturated heterocycles. The Kier molecular flexibility index (Phi) is 9.52. The van der Waals surface area contributed by atoms with E-state index in [1.807, 2.05) is 20.8 Å². The number of aromatic amines is 1. The summed E-state index contributed by atoms with van der Waals surface area (Å²) in [5.41, 5.74) is 0.268. The number of aromatic nitrogens is 3. The molecule has 0 spiro atoms. The fraction of sp³-hybridized carbons (Fsp3) is 0.600. The number of fused-ring (bicyclic) bond motifs is 1. The van der Waals surface area contributed by atoms with E-state index in [2.05, 4.69) is 15.3 Å². The highest BCUT2D eigenvalue weighted by Crippen LogP contribution is 2.22. The molecule has 0 unspecified atom stereocenters. The second-order valence-electron chi connectivity index (χ2n) is 7.76. The van der Waals surface area contributed by atoms with Crippen LogP contribution in [0.25, 0.3) is 11.0 Å². The molecule has 3 heterocycles. The lowest BCUT2D eigenvalue weighted by Gasteiger charge is -2.32. The maximum atomic E-state index is 13.4. The normalized spacial score (nSPS) is 14.3. The molecule has 168 valence electrons. The van der Waals surface area contributed by atoms with Gasteiger partial charge in [-0.2, -0.15) is 0 Å². The minimum absolute atomic E-state index is 0. The number of carbonyl (C=O) groups is 1. The van der Waals surface area contributed by atoms with Crippen molar-refractivity contribution in [3.05, 3.63) is 38.2 Å². The second kappa shape index (κ2) is 10.9. The van der Waals surface area contributed by atoms with Crippen LogP contribution >= 0.6 is 24.8 Å². The van der Waals surface area contributed by atoms with Crippen molar-refractivity contribution in [2.24, 2.45) is 0 Å². The topological polar surface area (TPSA) is 100 Å². The van der Waals surface area contributed by atoms with Crippen LogP contribution in [0.15, 0.2) is 15.7 Å². The van der Waals surface area contributed by atoms with Crippen LogP contribution in [0.3, 0.4) is 0 Å². The van der Waals surface area contributed by atoms with Crippen LogP contribution in [0.2, 0.25) is 0 Å². The number of nitrogens with zero attached hydrogens (tertiary/aromatic N) is 3. The number of pyridine rings is 1. The maximum Gasteiger partial charge on any atom is 0.329 e. The van der Waals surface area contributed by atoms with Gasteiger partial charge in [0, 0.05) is 25.3 Å². The molecule has 0 aliphatic carbocycles. The van der Waals surface area contributed by atoms with Crippen molar-refractivity contribution in [3.8, 4) is 0 Å². The van der Waals surface area contributed by atoms with E-state index in [9.17, 15) is 14.4 Å². The number of amides is 1. The number of hydrogen-bond acceptors (Lipinski definition) is 5. The minimum atomic E-state index is -0.558. The lowest BCUT2D eigenvalue weighted by atomic mass is 10.0. The van der Waals surface area contributed by atoms with Crippen molar-refractivity contribution in [3.63, 3.8) is 0 Å². The zero-order valence-corrected chi connectivity index (χ0v) is 19.5. The molecule has 0 radical (unpaired) electrons. The van der Waals surface area contributed by atoms with Crippen LogP contribution in [0.5, 0.6) is 0 Å². The van der Waals surface area contributed by atoms with Gasteiger partial charge in [-0.05, 0) is 44.3 Å². The van der Waals surface area contributed by atoms with Gasteiger partial charge < -0.3 is 10.2 Å². The van der Waals surface area contributed by atoms with E-state index in [0.29, 0.717) is 29.9 Å². The van der Waals surface area contributed by atoms with Crippen molar-refractivity contribution in [2.45, 2.75) is 58.5 Å². The third-order valence-electron chi connectivity index (χ3n) is 5.41. The molecule has 30 heavy (non-hydrogen) atoms. The Balaban J connectivity index is 0.00000225. The van der Waals surface area contributed by atoms with E-state index in [1.54, 1.807) is 18.0 Å². The summed E-state index contributed by atoms with van der Waals surface area (Å²) in [5, 5.41) is 3.50. The van der Waals surface area contributed by atoms with Gasteiger partial charge in [-0.1, -0.05) is 20.8 Å². The molecule has 3 rings (SSSR count). The monoisotopic (exact) mass is 459 g/mol. The first-order valence-electron chi connectivity index (χ1n) is 10.0. The van der Waals surface area contributed by atoms with E-state index in [1.165, 1.54) is 4.57 Å². The largest absolute Gasteiger partial charge is 0.339 e. The van der Waals surface area contributed by atoms with E-state index in [4.69, 9.17) is 0 Å².